The lowest BCUT2D eigenvalue weighted by molar-refractivity contribution is -0.143. The molecule has 20 heavy (non-hydrogen) atoms. The Morgan fingerprint density at radius 1 is 1.30 bits per heavy atom. The monoisotopic (exact) mass is 297 g/mol. The summed E-state index contributed by atoms with van der Waals surface area (Å²) in [5, 5.41) is 8.69. The van der Waals surface area contributed by atoms with Gasteiger partial charge < -0.3 is 10.8 Å². The van der Waals surface area contributed by atoms with Crippen molar-refractivity contribution in [2.24, 2.45) is 17.6 Å². The number of allylic oxidation sites excluding steroid dienone is 1. The average Bonchev–Trinajstić information content (AvgIpc) is 2.40. The Labute approximate surface area is 126 Å². The van der Waals surface area contributed by atoms with Crippen molar-refractivity contribution in [3.8, 4) is 0 Å². The lowest BCUT2D eigenvalue weighted by Gasteiger charge is -2.12. The first-order valence-corrected chi connectivity index (χ1v) is 7.12. The van der Waals surface area contributed by atoms with E-state index in [0.717, 1.165) is 0 Å². The molecule has 4 heteroatoms. The summed E-state index contributed by atoms with van der Waals surface area (Å²) in [6.07, 6.45) is 2.18. The zero-order valence-electron chi connectivity index (χ0n) is 12.3. The number of nitrogens with two attached hydrogens (primary N) is 1. The largest absolute Gasteiger partial charge is 0.481 e. The summed E-state index contributed by atoms with van der Waals surface area (Å²) in [7, 11) is 0. The van der Waals surface area contributed by atoms with Crippen molar-refractivity contribution in [2.45, 2.75) is 33.2 Å². The number of carboxylic acids is 1. The van der Waals surface area contributed by atoms with E-state index in [-0.39, 0.29) is 17.9 Å². The maximum Gasteiger partial charge on any atom is 0.307 e. The maximum atomic E-state index is 10.6. The van der Waals surface area contributed by atoms with E-state index < -0.39 is 5.97 Å². The van der Waals surface area contributed by atoms with E-state index in [1.54, 1.807) is 6.08 Å². The Bertz CT molecular complexity index is 402. The fourth-order valence-corrected chi connectivity index (χ4v) is 1.72. The molecule has 112 valence electrons. The van der Waals surface area contributed by atoms with Crippen molar-refractivity contribution < 1.29 is 9.90 Å². The zero-order chi connectivity index (χ0) is 15.5. The molecule has 0 spiro atoms. The summed E-state index contributed by atoms with van der Waals surface area (Å²) in [6, 6.07) is 10.2. The van der Waals surface area contributed by atoms with Gasteiger partial charge in [0.2, 0.25) is 0 Å². The van der Waals surface area contributed by atoms with E-state index in [9.17, 15) is 4.79 Å². The van der Waals surface area contributed by atoms with Crippen LogP contribution in [0.1, 0.15) is 38.8 Å². The van der Waals surface area contributed by atoms with Gasteiger partial charge in [-0.25, -0.2) is 0 Å². The second-order valence-corrected chi connectivity index (χ2v) is 5.24. The van der Waals surface area contributed by atoms with Crippen molar-refractivity contribution in [3.63, 3.8) is 0 Å². The molecule has 0 amide bonds. The molecule has 0 aromatic heterocycles. The van der Waals surface area contributed by atoms with E-state index >= 15 is 0 Å². The second kappa shape index (κ2) is 10.5. The van der Waals surface area contributed by atoms with Crippen LogP contribution in [0.25, 0.3) is 0 Å². The fourth-order valence-electron chi connectivity index (χ4n) is 1.61. The summed E-state index contributed by atoms with van der Waals surface area (Å²) in [6.45, 7) is 5.76. The third-order valence-corrected chi connectivity index (χ3v) is 3.10. The van der Waals surface area contributed by atoms with Crippen LogP contribution in [0, 0.1) is 11.8 Å². The van der Waals surface area contributed by atoms with Gasteiger partial charge in [0.05, 0.1) is 5.92 Å². The second-order valence-electron chi connectivity index (χ2n) is 4.99. The summed E-state index contributed by atoms with van der Waals surface area (Å²) < 4.78 is 0. The van der Waals surface area contributed by atoms with E-state index in [4.69, 9.17) is 22.4 Å². The minimum atomic E-state index is -0.755. The lowest BCUT2D eigenvalue weighted by Crippen LogP contribution is -2.18. The van der Waals surface area contributed by atoms with Crippen LogP contribution in [-0.4, -0.2) is 11.1 Å². The third kappa shape index (κ3) is 7.97. The standard InChI is InChI=1S/C8H13ClO2.C8H11N/c1-6(2)7(8(10)11)4-3-5-9;1-7(9)8-5-3-2-4-6-8/h3,5-7H,4H2,1-2H3,(H,10,11);2-7H,9H2,1H3/t7-;/m0./s1. The van der Waals surface area contributed by atoms with Crippen molar-refractivity contribution in [2.75, 3.05) is 0 Å². The summed E-state index contributed by atoms with van der Waals surface area (Å²) in [5.41, 5.74) is 8.17. The van der Waals surface area contributed by atoms with Crippen molar-refractivity contribution >= 4 is 17.6 Å². The van der Waals surface area contributed by atoms with Crippen LogP contribution in [0.2, 0.25) is 0 Å². The molecule has 3 N–H and O–H groups in total. The van der Waals surface area contributed by atoms with Crippen LogP contribution in [0.5, 0.6) is 0 Å². The fraction of sp³-hybridized carbons (Fsp3) is 0.438. The molecule has 0 aliphatic rings. The van der Waals surface area contributed by atoms with Gasteiger partial charge in [-0.05, 0) is 24.8 Å². The highest BCUT2D eigenvalue weighted by atomic mass is 35.5. The zero-order valence-corrected chi connectivity index (χ0v) is 13.0. The highest BCUT2D eigenvalue weighted by Gasteiger charge is 2.19. The molecule has 1 aromatic rings. The Morgan fingerprint density at radius 2 is 1.85 bits per heavy atom. The molecule has 0 heterocycles. The van der Waals surface area contributed by atoms with Gasteiger partial charge in [0.15, 0.2) is 0 Å². The molecular formula is C16H24ClNO2. The number of rotatable bonds is 5. The highest BCUT2D eigenvalue weighted by molar-refractivity contribution is 6.25. The quantitative estimate of drug-likeness (QED) is 0.856. The van der Waals surface area contributed by atoms with Crippen LogP contribution in [-0.2, 0) is 4.79 Å². The predicted molar refractivity (Wildman–Crippen MR) is 84.6 cm³/mol. The SMILES string of the molecule is CC(C)[C@H](CC=CCl)C(=O)O.CC(N)c1ccccc1. The van der Waals surface area contributed by atoms with Crippen LogP contribution in [0.15, 0.2) is 41.9 Å². The Morgan fingerprint density at radius 3 is 2.15 bits per heavy atom. The minimum absolute atomic E-state index is 0.153. The predicted octanol–water partition coefficient (Wildman–Crippen LogP) is 4.19. The first-order chi connectivity index (χ1) is 9.40. The maximum absolute atomic E-state index is 10.6. The number of hydrogen-bond acceptors (Lipinski definition) is 2. The first-order valence-electron chi connectivity index (χ1n) is 6.68. The Balaban J connectivity index is 0.000000367. The van der Waals surface area contributed by atoms with Crippen LogP contribution in [0.4, 0.5) is 0 Å². The molecule has 3 nitrogen and oxygen atoms in total. The molecule has 0 aliphatic heterocycles. The van der Waals surface area contributed by atoms with Crippen LogP contribution < -0.4 is 5.73 Å². The number of aliphatic carboxylic acids is 1. The molecule has 1 unspecified atom stereocenters. The Kier molecular flexibility index (Phi) is 9.77. The molecule has 0 saturated heterocycles. The third-order valence-electron chi connectivity index (χ3n) is 2.93. The molecule has 0 fully saturated rings. The number of benzene rings is 1. The Hall–Kier alpha value is -1.32. The normalized spacial score (nSPS) is 13.7. The number of halogens is 1. The lowest BCUT2D eigenvalue weighted by atomic mass is 9.93. The molecule has 2 atom stereocenters. The van der Waals surface area contributed by atoms with Gasteiger partial charge in [-0.1, -0.05) is 61.9 Å². The molecular weight excluding hydrogens is 274 g/mol. The van der Waals surface area contributed by atoms with E-state index in [1.165, 1.54) is 11.1 Å². The van der Waals surface area contributed by atoms with Gasteiger partial charge in [0.25, 0.3) is 0 Å². The van der Waals surface area contributed by atoms with Crippen LogP contribution >= 0.6 is 11.6 Å². The van der Waals surface area contributed by atoms with E-state index in [2.05, 4.69) is 0 Å². The summed E-state index contributed by atoms with van der Waals surface area (Å²) in [5.74, 6) is -0.917. The molecule has 0 saturated carbocycles. The minimum Gasteiger partial charge on any atom is -0.481 e. The topological polar surface area (TPSA) is 63.3 Å². The van der Waals surface area contributed by atoms with Gasteiger partial charge >= 0.3 is 5.97 Å². The van der Waals surface area contributed by atoms with E-state index in [0.29, 0.717) is 6.42 Å². The van der Waals surface area contributed by atoms with Crippen molar-refractivity contribution in [1.29, 1.82) is 0 Å². The van der Waals surface area contributed by atoms with Gasteiger partial charge in [-0.2, -0.15) is 0 Å². The highest BCUT2D eigenvalue weighted by Crippen LogP contribution is 2.15. The van der Waals surface area contributed by atoms with Crippen molar-refractivity contribution in [3.05, 3.63) is 47.5 Å². The number of carbonyl (C=O) groups is 1. The number of carboxylic acid groups (broad SMARTS) is 1. The van der Waals surface area contributed by atoms with Gasteiger partial charge in [0.1, 0.15) is 0 Å². The summed E-state index contributed by atoms with van der Waals surface area (Å²) in [4.78, 5) is 10.6. The van der Waals surface area contributed by atoms with Gasteiger partial charge in [0, 0.05) is 11.6 Å². The smallest absolute Gasteiger partial charge is 0.307 e. The van der Waals surface area contributed by atoms with Gasteiger partial charge in [-0.15, -0.1) is 0 Å². The summed E-state index contributed by atoms with van der Waals surface area (Å²) >= 11 is 5.28. The number of hydrogen-bond donors (Lipinski definition) is 2. The van der Waals surface area contributed by atoms with E-state index in [1.807, 2.05) is 51.1 Å². The molecule has 1 aromatic carbocycles. The average molecular weight is 298 g/mol. The molecule has 0 radical (unpaired) electrons. The molecule has 1 rings (SSSR count). The van der Waals surface area contributed by atoms with Crippen molar-refractivity contribution in [1.82, 2.24) is 0 Å². The van der Waals surface area contributed by atoms with Gasteiger partial charge in [-0.3, -0.25) is 4.79 Å². The molecule has 0 aliphatic carbocycles. The molecule has 0 bridgehead atoms. The van der Waals surface area contributed by atoms with Crippen LogP contribution in [0.3, 0.4) is 0 Å². The first kappa shape index (κ1) is 18.7.